The Balaban J connectivity index is 1.64. The minimum Gasteiger partial charge on any atom is -0.364 e. The van der Waals surface area contributed by atoms with Gasteiger partial charge in [-0.1, -0.05) is 18.1 Å². The third-order valence-electron chi connectivity index (χ3n) is 5.81. The largest absolute Gasteiger partial charge is 0.364 e. The van der Waals surface area contributed by atoms with Crippen LogP contribution in [0.2, 0.25) is 0 Å². The number of hydrogen-bond acceptors (Lipinski definition) is 6. The molecule has 174 valence electrons. The second kappa shape index (κ2) is 9.67. The fourth-order valence-corrected chi connectivity index (χ4v) is 4.17. The van der Waals surface area contributed by atoms with Crippen LogP contribution in [-0.2, 0) is 0 Å². The molecule has 1 aliphatic rings. The molecule has 0 radical (unpaired) electrons. The second-order valence-electron chi connectivity index (χ2n) is 8.22. The molecule has 1 saturated heterocycles. The molecule has 5 N–H and O–H groups in total. The molecule has 3 heterocycles. The maximum Gasteiger partial charge on any atom is 0.269 e. The summed E-state index contributed by atoms with van der Waals surface area (Å²) in [6.07, 6.45) is 4.51. The second-order valence-corrected chi connectivity index (χ2v) is 8.22. The van der Waals surface area contributed by atoms with Crippen molar-refractivity contribution in [2.24, 2.45) is 5.73 Å². The van der Waals surface area contributed by atoms with Gasteiger partial charge in [0.25, 0.3) is 11.8 Å². The maximum atomic E-state index is 12.6. The molecule has 2 aromatic heterocycles. The van der Waals surface area contributed by atoms with Crippen LogP contribution in [-0.4, -0.2) is 37.9 Å². The number of pyridine rings is 1. The number of primary amides is 1. The third-order valence-corrected chi connectivity index (χ3v) is 5.81. The molecule has 1 fully saturated rings. The van der Waals surface area contributed by atoms with Gasteiger partial charge in [-0.05, 0) is 62.9 Å². The summed E-state index contributed by atoms with van der Waals surface area (Å²) in [6, 6.07) is 13.4. The highest BCUT2D eigenvalue weighted by Gasteiger charge is 2.30. The quantitative estimate of drug-likeness (QED) is 0.399. The van der Waals surface area contributed by atoms with Gasteiger partial charge < -0.3 is 21.8 Å². The molecule has 1 atom stereocenters. The number of carbonyl (C=O) groups is 2. The molecule has 3 aromatic rings. The van der Waals surface area contributed by atoms with Crippen molar-refractivity contribution < 1.29 is 9.59 Å². The summed E-state index contributed by atoms with van der Waals surface area (Å²) in [5.74, 6) is 9.30. The van der Waals surface area contributed by atoms with Gasteiger partial charge in [0.2, 0.25) is 0 Å². The molecule has 1 aliphatic heterocycles. The van der Waals surface area contributed by atoms with Gasteiger partial charge in [0, 0.05) is 29.9 Å². The average Bonchev–Trinajstić information content (AvgIpc) is 3.17. The van der Waals surface area contributed by atoms with E-state index in [1.807, 2.05) is 17.9 Å². The van der Waals surface area contributed by atoms with Crippen molar-refractivity contribution in [2.75, 3.05) is 17.7 Å². The predicted molar refractivity (Wildman–Crippen MR) is 130 cm³/mol. The van der Waals surface area contributed by atoms with Crippen molar-refractivity contribution in [3.8, 4) is 23.2 Å². The molecule has 1 unspecified atom stereocenters. The molecular formula is C25H27N7O2. The first-order valence-corrected chi connectivity index (χ1v) is 11.1. The minimum absolute atomic E-state index is 0.117. The maximum absolute atomic E-state index is 12.6. The monoisotopic (exact) mass is 457 g/mol. The predicted octanol–water partition coefficient (Wildman–Crippen LogP) is 2.83. The zero-order valence-corrected chi connectivity index (χ0v) is 19.2. The Morgan fingerprint density at radius 3 is 2.62 bits per heavy atom. The van der Waals surface area contributed by atoms with E-state index in [1.54, 1.807) is 43.5 Å². The van der Waals surface area contributed by atoms with Gasteiger partial charge in [-0.25, -0.2) is 14.6 Å². The number of likely N-dealkylation sites (tertiary alicyclic amines) is 1. The Hall–Kier alpha value is -4.32. The van der Waals surface area contributed by atoms with Crippen molar-refractivity contribution >= 4 is 17.6 Å². The van der Waals surface area contributed by atoms with Gasteiger partial charge in [-0.2, -0.15) is 0 Å². The molecular weight excluding hydrogens is 430 g/mol. The van der Waals surface area contributed by atoms with E-state index in [1.165, 1.54) is 4.68 Å². The molecule has 9 nitrogen and oxygen atoms in total. The van der Waals surface area contributed by atoms with Gasteiger partial charge in [0.1, 0.15) is 11.5 Å². The number of nitrogen functional groups attached to an aromatic ring is 1. The number of nitrogens with two attached hydrogens (primary N) is 2. The van der Waals surface area contributed by atoms with Crippen LogP contribution in [0, 0.1) is 18.9 Å². The number of anilines is 1. The van der Waals surface area contributed by atoms with Crippen LogP contribution in [0.15, 0.2) is 42.6 Å². The Bertz CT molecular complexity index is 1280. The Morgan fingerprint density at radius 1 is 1.18 bits per heavy atom. The first kappa shape index (κ1) is 22.9. The van der Waals surface area contributed by atoms with Gasteiger partial charge >= 0.3 is 0 Å². The highest BCUT2D eigenvalue weighted by molar-refractivity contribution is 6.04. The Morgan fingerprint density at radius 2 is 1.94 bits per heavy atom. The van der Waals surface area contributed by atoms with Gasteiger partial charge in [0.05, 0.1) is 6.04 Å². The summed E-state index contributed by atoms with van der Waals surface area (Å²) in [6.45, 7) is 4.52. The summed E-state index contributed by atoms with van der Waals surface area (Å²) in [7, 11) is 0. The Kier molecular flexibility index (Phi) is 6.50. The lowest BCUT2D eigenvalue weighted by Gasteiger charge is -2.32. The SMILES string of the molecule is CC#CN1CCCCC1c1nc(-c2ccc(C(=O)Nc3cc(C)ccn3)cc2)c(C(N)=O)n1N. The summed E-state index contributed by atoms with van der Waals surface area (Å²) in [4.78, 5) is 35.8. The van der Waals surface area contributed by atoms with Crippen LogP contribution in [0.3, 0.4) is 0 Å². The number of nitrogens with zero attached hydrogens (tertiary/aromatic N) is 4. The van der Waals surface area contributed by atoms with Crippen LogP contribution in [0.1, 0.15) is 64.5 Å². The zero-order valence-electron chi connectivity index (χ0n) is 19.2. The van der Waals surface area contributed by atoms with Crippen LogP contribution >= 0.6 is 0 Å². The smallest absolute Gasteiger partial charge is 0.269 e. The van der Waals surface area contributed by atoms with E-state index in [2.05, 4.69) is 22.3 Å². The molecule has 34 heavy (non-hydrogen) atoms. The average molecular weight is 458 g/mol. The summed E-state index contributed by atoms with van der Waals surface area (Å²) in [5, 5.41) is 2.78. The van der Waals surface area contributed by atoms with E-state index in [0.717, 1.165) is 31.4 Å². The highest BCUT2D eigenvalue weighted by Crippen LogP contribution is 2.33. The number of rotatable bonds is 5. The molecule has 0 aliphatic carbocycles. The van der Waals surface area contributed by atoms with Crippen molar-refractivity contribution in [3.05, 3.63) is 65.2 Å². The number of aromatic nitrogens is 3. The molecule has 1 aromatic carbocycles. The van der Waals surface area contributed by atoms with Crippen LogP contribution in [0.5, 0.6) is 0 Å². The van der Waals surface area contributed by atoms with E-state index in [-0.39, 0.29) is 17.6 Å². The number of imidazole rings is 1. The normalized spacial score (nSPS) is 15.4. The lowest BCUT2D eigenvalue weighted by atomic mass is 10.0. The van der Waals surface area contributed by atoms with Crippen molar-refractivity contribution in [1.29, 1.82) is 0 Å². The topological polar surface area (TPSA) is 132 Å². The van der Waals surface area contributed by atoms with Gasteiger partial charge in [-0.15, -0.1) is 0 Å². The lowest BCUT2D eigenvalue weighted by Crippen LogP contribution is -2.33. The van der Waals surface area contributed by atoms with Gasteiger partial charge in [-0.3, -0.25) is 9.59 Å². The van der Waals surface area contributed by atoms with E-state index >= 15 is 0 Å². The molecule has 2 amide bonds. The zero-order chi connectivity index (χ0) is 24.2. The molecule has 0 spiro atoms. The van der Waals surface area contributed by atoms with Crippen LogP contribution in [0.4, 0.5) is 5.82 Å². The standard InChI is InChI=1S/C25H27N7O2/c1-3-13-31-14-5-4-6-19(31)24-30-21(22(23(26)33)32(24)27)17-7-9-18(10-8-17)25(34)29-20-15-16(2)11-12-28-20/h7-12,15,19H,4-6,14,27H2,1-2H3,(H2,26,33)(H,28,29,34). The number of piperidine rings is 1. The van der Waals surface area contributed by atoms with E-state index in [0.29, 0.717) is 28.5 Å². The number of carbonyl (C=O) groups excluding carboxylic acids is 2. The highest BCUT2D eigenvalue weighted by atomic mass is 16.2. The van der Waals surface area contributed by atoms with E-state index in [9.17, 15) is 9.59 Å². The molecule has 0 saturated carbocycles. The van der Waals surface area contributed by atoms with Crippen LogP contribution in [0.25, 0.3) is 11.3 Å². The molecule has 0 bridgehead atoms. The first-order chi connectivity index (χ1) is 16.4. The van der Waals surface area contributed by atoms with Crippen molar-refractivity contribution in [2.45, 2.75) is 39.2 Å². The lowest BCUT2D eigenvalue weighted by molar-refractivity contribution is 0.0990. The van der Waals surface area contributed by atoms with Crippen molar-refractivity contribution in [1.82, 2.24) is 19.5 Å². The number of nitrogens with one attached hydrogen (secondary N) is 1. The molecule has 9 heteroatoms. The Labute approximate surface area is 198 Å². The number of hydrogen-bond donors (Lipinski definition) is 3. The third kappa shape index (κ3) is 4.57. The number of aryl methyl sites for hydroxylation is 1. The van der Waals surface area contributed by atoms with Crippen molar-refractivity contribution in [3.63, 3.8) is 0 Å². The summed E-state index contributed by atoms with van der Waals surface area (Å²) in [5.41, 5.74) is 8.24. The summed E-state index contributed by atoms with van der Waals surface area (Å²) < 4.78 is 1.28. The summed E-state index contributed by atoms with van der Waals surface area (Å²) >= 11 is 0. The first-order valence-electron chi connectivity index (χ1n) is 11.1. The fraction of sp³-hybridized carbons (Fsp3) is 0.280. The van der Waals surface area contributed by atoms with E-state index in [4.69, 9.17) is 16.6 Å². The number of benzene rings is 1. The van der Waals surface area contributed by atoms with Crippen LogP contribution < -0.4 is 16.9 Å². The van der Waals surface area contributed by atoms with Gasteiger partial charge in [0.15, 0.2) is 11.5 Å². The van der Waals surface area contributed by atoms with E-state index < -0.39 is 5.91 Å². The molecule has 4 rings (SSSR count). The fourth-order valence-electron chi connectivity index (χ4n) is 4.17. The minimum atomic E-state index is -0.674. The number of amides is 2.